The lowest BCUT2D eigenvalue weighted by atomic mass is 9.97. The van der Waals surface area contributed by atoms with Crippen molar-refractivity contribution in [3.8, 4) is 0 Å². The maximum atomic E-state index is 12.1. The molecule has 20 heavy (non-hydrogen) atoms. The van der Waals surface area contributed by atoms with Crippen molar-refractivity contribution in [1.29, 1.82) is 0 Å². The Morgan fingerprint density at radius 2 is 2.15 bits per heavy atom. The summed E-state index contributed by atoms with van der Waals surface area (Å²) >= 11 is 0. The van der Waals surface area contributed by atoms with Gasteiger partial charge in [-0.3, -0.25) is 14.5 Å². The predicted octanol–water partition coefficient (Wildman–Crippen LogP) is 1.71. The van der Waals surface area contributed by atoms with Crippen LogP contribution in [0, 0.1) is 0 Å². The van der Waals surface area contributed by atoms with Gasteiger partial charge >= 0.3 is 5.97 Å². The van der Waals surface area contributed by atoms with Crippen LogP contribution in [0.5, 0.6) is 0 Å². The number of methoxy groups -OCH3 is 1. The Labute approximate surface area is 122 Å². The lowest BCUT2D eigenvalue weighted by molar-refractivity contribution is -0.143. The fraction of sp³-hybridized carbons (Fsp3) is 0.867. The molecule has 2 atom stereocenters. The van der Waals surface area contributed by atoms with Gasteiger partial charge in [0.25, 0.3) is 0 Å². The van der Waals surface area contributed by atoms with Gasteiger partial charge in [0.15, 0.2) is 0 Å². The van der Waals surface area contributed by atoms with Crippen molar-refractivity contribution in [2.75, 3.05) is 20.2 Å². The van der Waals surface area contributed by atoms with E-state index in [0.29, 0.717) is 6.42 Å². The second kappa shape index (κ2) is 8.95. The van der Waals surface area contributed by atoms with Crippen molar-refractivity contribution in [3.63, 3.8) is 0 Å². The average molecular weight is 284 g/mol. The maximum absolute atomic E-state index is 12.1. The number of hydrogen-bond donors (Lipinski definition) is 1. The van der Waals surface area contributed by atoms with Crippen molar-refractivity contribution < 1.29 is 14.3 Å². The van der Waals surface area contributed by atoms with Gasteiger partial charge in [-0.15, -0.1) is 0 Å². The monoisotopic (exact) mass is 284 g/mol. The third-order valence-corrected chi connectivity index (χ3v) is 4.01. The molecule has 1 aliphatic heterocycles. The summed E-state index contributed by atoms with van der Waals surface area (Å²) in [5, 5.41) is 2.97. The highest BCUT2D eigenvalue weighted by Gasteiger charge is 2.31. The van der Waals surface area contributed by atoms with Gasteiger partial charge in [-0.2, -0.15) is 0 Å². The number of carbonyl (C=O) groups is 2. The van der Waals surface area contributed by atoms with Crippen LogP contribution in [0.25, 0.3) is 0 Å². The molecule has 0 saturated carbocycles. The van der Waals surface area contributed by atoms with Gasteiger partial charge in [-0.05, 0) is 32.7 Å². The fourth-order valence-corrected chi connectivity index (χ4v) is 2.71. The number of hydrogen-bond acceptors (Lipinski definition) is 4. The van der Waals surface area contributed by atoms with Crippen molar-refractivity contribution in [2.45, 2.75) is 64.5 Å². The summed E-state index contributed by atoms with van der Waals surface area (Å²) in [6, 6.07) is -0.0510. The van der Waals surface area contributed by atoms with Gasteiger partial charge in [0.05, 0.1) is 19.6 Å². The van der Waals surface area contributed by atoms with Crippen molar-refractivity contribution >= 4 is 11.9 Å². The summed E-state index contributed by atoms with van der Waals surface area (Å²) in [5.74, 6) is -0.129. The first-order valence-corrected chi connectivity index (χ1v) is 7.70. The lowest BCUT2D eigenvalue weighted by Gasteiger charge is -2.38. The first kappa shape index (κ1) is 17.0. The first-order valence-electron chi connectivity index (χ1n) is 7.70. The minimum atomic E-state index is -0.194. The number of esters is 1. The molecule has 1 saturated heterocycles. The van der Waals surface area contributed by atoms with Crippen LogP contribution in [0.15, 0.2) is 0 Å². The standard InChI is InChI=1S/C15H28N2O3/c1-4-5-9-16-15(19)12(2)17-10-7-6-8-13(17)11-14(18)20-3/h12-13H,4-11H2,1-3H3,(H,16,19). The molecule has 0 aromatic rings. The normalized spacial score (nSPS) is 21.2. The fourth-order valence-electron chi connectivity index (χ4n) is 2.71. The zero-order chi connectivity index (χ0) is 15.0. The molecular weight excluding hydrogens is 256 g/mol. The van der Waals surface area contributed by atoms with Gasteiger partial charge in [-0.25, -0.2) is 0 Å². The van der Waals surface area contributed by atoms with E-state index in [9.17, 15) is 9.59 Å². The van der Waals surface area contributed by atoms with Gasteiger partial charge in [0.2, 0.25) is 5.91 Å². The molecule has 1 aliphatic rings. The predicted molar refractivity (Wildman–Crippen MR) is 78.4 cm³/mol. The molecule has 1 rings (SSSR count). The molecule has 1 N–H and O–H groups in total. The SMILES string of the molecule is CCCCNC(=O)C(C)N1CCCCC1CC(=O)OC. The molecule has 0 aliphatic carbocycles. The number of carbonyl (C=O) groups excluding carboxylic acids is 2. The number of ether oxygens (including phenoxy) is 1. The van der Waals surface area contributed by atoms with Crippen LogP contribution in [-0.2, 0) is 14.3 Å². The Morgan fingerprint density at radius 1 is 1.40 bits per heavy atom. The van der Waals surface area contributed by atoms with Crippen LogP contribution in [0.4, 0.5) is 0 Å². The van der Waals surface area contributed by atoms with E-state index in [1.165, 1.54) is 7.11 Å². The molecular formula is C15H28N2O3. The van der Waals surface area contributed by atoms with E-state index >= 15 is 0 Å². The van der Waals surface area contributed by atoms with Gasteiger partial charge in [0.1, 0.15) is 0 Å². The molecule has 1 fully saturated rings. The molecule has 0 aromatic carbocycles. The molecule has 0 radical (unpaired) electrons. The summed E-state index contributed by atoms with van der Waals surface area (Å²) in [5.41, 5.74) is 0. The Hall–Kier alpha value is -1.10. The lowest BCUT2D eigenvalue weighted by Crippen LogP contribution is -2.52. The first-order chi connectivity index (χ1) is 9.60. The molecule has 2 unspecified atom stereocenters. The summed E-state index contributed by atoms with van der Waals surface area (Å²) < 4.78 is 4.75. The Bertz CT molecular complexity index is 320. The number of unbranched alkanes of at least 4 members (excludes halogenated alkanes) is 1. The largest absolute Gasteiger partial charge is 0.469 e. The highest BCUT2D eigenvalue weighted by atomic mass is 16.5. The summed E-state index contributed by atoms with van der Waals surface area (Å²) in [6.45, 7) is 5.64. The molecule has 0 bridgehead atoms. The second-order valence-corrected chi connectivity index (χ2v) is 5.49. The maximum Gasteiger partial charge on any atom is 0.307 e. The molecule has 0 aromatic heterocycles. The Morgan fingerprint density at radius 3 is 2.80 bits per heavy atom. The Balaban J connectivity index is 2.54. The van der Waals surface area contributed by atoms with Gasteiger partial charge in [-0.1, -0.05) is 19.8 Å². The molecule has 1 heterocycles. The number of likely N-dealkylation sites (tertiary alicyclic amines) is 1. The van der Waals surface area contributed by atoms with E-state index < -0.39 is 0 Å². The average Bonchev–Trinajstić information content (AvgIpc) is 2.47. The molecule has 5 nitrogen and oxygen atoms in total. The van der Waals surface area contributed by atoms with E-state index in [4.69, 9.17) is 4.74 Å². The third kappa shape index (κ3) is 5.12. The topological polar surface area (TPSA) is 58.6 Å². The third-order valence-electron chi connectivity index (χ3n) is 4.01. The zero-order valence-electron chi connectivity index (χ0n) is 13.0. The molecule has 116 valence electrons. The molecule has 5 heteroatoms. The van der Waals surface area contributed by atoms with Gasteiger partial charge in [0, 0.05) is 12.6 Å². The second-order valence-electron chi connectivity index (χ2n) is 5.49. The minimum absolute atomic E-state index is 0.0650. The van der Waals surface area contributed by atoms with Crippen LogP contribution in [0.1, 0.15) is 52.4 Å². The highest BCUT2D eigenvalue weighted by molar-refractivity contribution is 5.81. The van der Waals surface area contributed by atoms with Crippen molar-refractivity contribution in [2.24, 2.45) is 0 Å². The number of piperidine rings is 1. The number of amides is 1. The van der Waals surface area contributed by atoms with E-state index in [0.717, 1.165) is 45.2 Å². The number of nitrogens with zero attached hydrogens (tertiary/aromatic N) is 1. The quantitative estimate of drug-likeness (QED) is 0.571. The van der Waals surface area contributed by atoms with Crippen LogP contribution in [0.2, 0.25) is 0 Å². The number of rotatable bonds is 7. The van der Waals surface area contributed by atoms with E-state index in [1.807, 2.05) is 6.92 Å². The van der Waals surface area contributed by atoms with E-state index in [2.05, 4.69) is 17.1 Å². The zero-order valence-corrected chi connectivity index (χ0v) is 13.0. The Kier molecular flexibility index (Phi) is 7.59. The summed E-state index contributed by atoms with van der Waals surface area (Å²) in [4.78, 5) is 25.8. The molecule has 1 amide bonds. The van der Waals surface area contributed by atoms with Crippen LogP contribution < -0.4 is 5.32 Å². The summed E-state index contributed by atoms with van der Waals surface area (Å²) in [7, 11) is 1.41. The minimum Gasteiger partial charge on any atom is -0.469 e. The van der Waals surface area contributed by atoms with Crippen LogP contribution >= 0.6 is 0 Å². The number of nitrogens with one attached hydrogen (secondary N) is 1. The summed E-state index contributed by atoms with van der Waals surface area (Å²) in [6.07, 6.45) is 5.62. The highest BCUT2D eigenvalue weighted by Crippen LogP contribution is 2.22. The van der Waals surface area contributed by atoms with Crippen molar-refractivity contribution in [1.82, 2.24) is 10.2 Å². The van der Waals surface area contributed by atoms with E-state index in [-0.39, 0.29) is 24.0 Å². The van der Waals surface area contributed by atoms with Crippen LogP contribution in [-0.4, -0.2) is 49.1 Å². The van der Waals surface area contributed by atoms with Crippen molar-refractivity contribution in [3.05, 3.63) is 0 Å². The van der Waals surface area contributed by atoms with E-state index in [1.54, 1.807) is 0 Å². The molecule has 0 spiro atoms. The van der Waals surface area contributed by atoms with Gasteiger partial charge < -0.3 is 10.1 Å². The smallest absolute Gasteiger partial charge is 0.307 e. The van der Waals surface area contributed by atoms with Crippen LogP contribution in [0.3, 0.4) is 0 Å².